The molecule has 0 aliphatic rings. The molecule has 1 aromatic heterocycles. The molecule has 0 radical (unpaired) electrons. The molecule has 0 aliphatic carbocycles. The Morgan fingerprint density at radius 2 is 2.00 bits per heavy atom. The van der Waals surface area contributed by atoms with E-state index in [-0.39, 0.29) is 17.3 Å². The van der Waals surface area contributed by atoms with Gasteiger partial charge in [0.2, 0.25) is 5.95 Å². The molecule has 18 heavy (non-hydrogen) atoms. The molecule has 0 amide bonds. The first-order valence-electron chi connectivity index (χ1n) is 4.81. The van der Waals surface area contributed by atoms with Crippen LogP contribution in [-0.4, -0.2) is 9.97 Å². The topological polar surface area (TPSA) is 102 Å². The molecule has 0 saturated carbocycles. The van der Waals surface area contributed by atoms with Crippen LogP contribution in [0, 0.1) is 11.3 Å². The van der Waals surface area contributed by atoms with Gasteiger partial charge in [-0.2, -0.15) is 10.2 Å². The van der Waals surface area contributed by atoms with E-state index >= 15 is 0 Å². The molecule has 7 heteroatoms. The van der Waals surface area contributed by atoms with Gasteiger partial charge in [-0.3, -0.25) is 0 Å². The van der Waals surface area contributed by atoms with Crippen molar-refractivity contribution in [2.24, 2.45) is 0 Å². The molecule has 0 saturated heterocycles. The van der Waals surface area contributed by atoms with E-state index < -0.39 is 0 Å². The normalized spacial score (nSPS) is 10.1. The number of nitrogen functional groups attached to an aromatic ring is 2. The molecule has 0 fully saturated rings. The van der Waals surface area contributed by atoms with Gasteiger partial charge in [-0.15, -0.1) is 0 Å². The van der Waals surface area contributed by atoms with Crippen molar-refractivity contribution in [3.8, 4) is 17.3 Å². The van der Waals surface area contributed by atoms with E-state index in [4.69, 9.17) is 28.3 Å². The monoisotopic (exact) mass is 323 g/mol. The van der Waals surface area contributed by atoms with E-state index in [0.717, 1.165) is 0 Å². The van der Waals surface area contributed by atoms with Crippen LogP contribution in [0.25, 0.3) is 11.3 Å². The third-order valence-corrected chi connectivity index (χ3v) is 3.14. The van der Waals surface area contributed by atoms with Crippen LogP contribution in [-0.2, 0) is 0 Å². The summed E-state index contributed by atoms with van der Waals surface area (Å²) in [5, 5.41) is 9.67. The van der Waals surface area contributed by atoms with Crippen LogP contribution in [0.4, 0.5) is 11.8 Å². The first-order valence-corrected chi connectivity index (χ1v) is 5.98. The number of hydrogen-bond donors (Lipinski definition) is 2. The molecular formula is C11H7BrClN5. The molecule has 5 nitrogen and oxygen atoms in total. The van der Waals surface area contributed by atoms with Crippen molar-refractivity contribution < 1.29 is 0 Å². The summed E-state index contributed by atoms with van der Waals surface area (Å²) in [5.74, 6) is 0.0743. The Morgan fingerprint density at radius 3 is 2.61 bits per heavy atom. The number of nitrogens with two attached hydrogens (primary N) is 2. The van der Waals surface area contributed by atoms with Crippen LogP contribution >= 0.6 is 27.5 Å². The molecule has 90 valence electrons. The smallest absolute Gasteiger partial charge is 0.222 e. The van der Waals surface area contributed by atoms with E-state index in [1.165, 1.54) is 0 Å². The zero-order chi connectivity index (χ0) is 13.3. The van der Waals surface area contributed by atoms with Gasteiger partial charge in [-0.1, -0.05) is 33.6 Å². The van der Waals surface area contributed by atoms with Crippen molar-refractivity contribution in [3.63, 3.8) is 0 Å². The van der Waals surface area contributed by atoms with Crippen LogP contribution in [0.1, 0.15) is 5.56 Å². The largest absolute Gasteiger partial charge is 0.382 e. The van der Waals surface area contributed by atoms with Crippen LogP contribution in [0.5, 0.6) is 0 Å². The highest BCUT2D eigenvalue weighted by Crippen LogP contribution is 2.33. The van der Waals surface area contributed by atoms with Gasteiger partial charge in [0.05, 0.1) is 5.69 Å². The number of rotatable bonds is 1. The lowest BCUT2D eigenvalue weighted by molar-refractivity contribution is 1.18. The summed E-state index contributed by atoms with van der Waals surface area (Å²) in [6, 6.07) is 7.10. The van der Waals surface area contributed by atoms with Crippen molar-refractivity contribution >= 4 is 39.3 Å². The number of aromatic nitrogens is 2. The molecule has 2 aromatic rings. The van der Waals surface area contributed by atoms with Crippen molar-refractivity contribution in [3.05, 3.63) is 33.3 Å². The zero-order valence-corrected chi connectivity index (χ0v) is 11.3. The van der Waals surface area contributed by atoms with Crippen molar-refractivity contribution in [1.29, 1.82) is 5.26 Å². The molecule has 0 atom stereocenters. The number of benzene rings is 1. The van der Waals surface area contributed by atoms with Gasteiger partial charge in [0.1, 0.15) is 17.5 Å². The molecule has 1 aromatic carbocycles. The van der Waals surface area contributed by atoms with Gasteiger partial charge in [0.15, 0.2) is 0 Å². The van der Waals surface area contributed by atoms with Gasteiger partial charge < -0.3 is 11.5 Å². The number of nitrogens with zero attached hydrogens (tertiary/aromatic N) is 3. The summed E-state index contributed by atoms with van der Waals surface area (Å²) in [6.07, 6.45) is 0. The van der Waals surface area contributed by atoms with Gasteiger partial charge in [0.25, 0.3) is 0 Å². The number of nitriles is 1. The Hall–Kier alpha value is -1.84. The fraction of sp³-hybridized carbons (Fsp3) is 0. The van der Waals surface area contributed by atoms with Crippen LogP contribution in [0.2, 0.25) is 5.02 Å². The lowest BCUT2D eigenvalue weighted by Gasteiger charge is -2.08. The summed E-state index contributed by atoms with van der Waals surface area (Å²) in [7, 11) is 0. The second-order valence-corrected chi connectivity index (χ2v) is 4.72. The SMILES string of the molecule is N#Cc1c(N)nc(N)nc1-c1ccc(Cl)cc1Br. The predicted molar refractivity (Wildman–Crippen MR) is 73.7 cm³/mol. The third kappa shape index (κ3) is 2.23. The first kappa shape index (κ1) is 12.6. The Kier molecular flexibility index (Phi) is 3.36. The van der Waals surface area contributed by atoms with Gasteiger partial charge in [-0.05, 0) is 12.1 Å². The van der Waals surface area contributed by atoms with Crippen LogP contribution in [0.15, 0.2) is 22.7 Å². The van der Waals surface area contributed by atoms with E-state index in [1.807, 2.05) is 6.07 Å². The van der Waals surface area contributed by atoms with E-state index in [9.17, 15) is 0 Å². The maximum absolute atomic E-state index is 9.10. The predicted octanol–water partition coefficient (Wildman–Crippen LogP) is 2.60. The standard InChI is InChI=1S/C11H7BrClN5/c12-8-3-5(13)1-2-6(8)9-7(4-14)10(15)18-11(16)17-9/h1-3H,(H4,15,16,17,18). The van der Waals surface area contributed by atoms with Gasteiger partial charge in [-0.25, -0.2) is 4.98 Å². The van der Waals surface area contributed by atoms with Crippen molar-refractivity contribution in [1.82, 2.24) is 9.97 Å². The second kappa shape index (κ2) is 4.80. The molecule has 0 bridgehead atoms. The molecule has 4 N–H and O–H groups in total. The first-order chi connectivity index (χ1) is 8.52. The zero-order valence-electron chi connectivity index (χ0n) is 8.98. The molecule has 2 rings (SSSR count). The molecule has 0 unspecified atom stereocenters. The third-order valence-electron chi connectivity index (χ3n) is 2.25. The Labute approximate surface area is 117 Å². The lowest BCUT2D eigenvalue weighted by Crippen LogP contribution is -2.05. The molecular weight excluding hydrogens is 318 g/mol. The Bertz CT molecular complexity index is 665. The molecule has 0 aliphatic heterocycles. The summed E-state index contributed by atoms with van der Waals surface area (Å²) in [4.78, 5) is 7.81. The summed E-state index contributed by atoms with van der Waals surface area (Å²) < 4.78 is 0.698. The van der Waals surface area contributed by atoms with Crippen LogP contribution < -0.4 is 11.5 Å². The Morgan fingerprint density at radius 1 is 1.28 bits per heavy atom. The quantitative estimate of drug-likeness (QED) is 0.839. The van der Waals surface area contributed by atoms with E-state index in [2.05, 4.69) is 25.9 Å². The minimum Gasteiger partial charge on any atom is -0.382 e. The maximum Gasteiger partial charge on any atom is 0.222 e. The highest BCUT2D eigenvalue weighted by molar-refractivity contribution is 9.10. The highest BCUT2D eigenvalue weighted by atomic mass is 79.9. The fourth-order valence-electron chi connectivity index (χ4n) is 1.48. The minimum absolute atomic E-state index is 0.0170. The number of anilines is 2. The second-order valence-electron chi connectivity index (χ2n) is 3.43. The summed E-state index contributed by atoms with van der Waals surface area (Å²) >= 11 is 9.22. The minimum atomic E-state index is 0.0170. The summed E-state index contributed by atoms with van der Waals surface area (Å²) in [5.41, 5.74) is 12.4. The Balaban J connectivity index is 2.75. The number of halogens is 2. The van der Waals surface area contributed by atoms with Crippen molar-refractivity contribution in [2.45, 2.75) is 0 Å². The van der Waals surface area contributed by atoms with Gasteiger partial charge >= 0.3 is 0 Å². The maximum atomic E-state index is 9.10. The van der Waals surface area contributed by atoms with E-state index in [0.29, 0.717) is 20.8 Å². The van der Waals surface area contributed by atoms with Gasteiger partial charge in [0, 0.05) is 15.1 Å². The van der Waals surface area contributed by atoms with E-state index in [1.54, 1.807) is 18.2 Å². The lowest BCUT2D eigenvalue weighted by atomic mass is 10.1. The molecule has 0 spiro atoms. The fourth-order valence-corrected chi connectivity index (χ4v) is 2.35. The number of hydrogen-bond acceptors (Lipinski definition) is 5. The average molecular weight is 325 g/mol. The highest BCUT2D eigenvalue weighted by Gasteiger charge is 2.15. The average Bonchev–Trinajstić information content (AvgIpc) is 2.28. The molecule has 1 heterocycles. The summed E-state index contributed by atoms with van der Waals surface area (Å²) in [6.45, 7) is 0. The van der Waals surface area contributed by atoms with Crippen molar-refractivity contribution in [2.75, 3.05) is 11.5 Å². The van der Waals surface area contributed by atoms with Crippen LogP contribution in [0.3, 0.4) is 0 Å².